The van der Waals surface area contributed by atoms with Gasteiger partial charge in [-0.05, 0) is 40.2 Å². The number of thiazole rings is 1. The van der Waals surface area contributed by atoms with Crippen LogP contribution in [0.3, 0.4) is 0 Å². The number of nitrogens with zero attached hydrogens (tertiary/aromatic N) is 2. The highest BCUT2D eigenvalue weighted by Gasteiger charge is 2.05. The standard InChI is InChI=1S/C14H9Br2N3OS/c15-9-5-8(13(20)10(16)6-9)7-17-19-14-18-11-3-1-2-4-12(11)21-14/h1-7,20H,(H,18,19)/b17-7-. The molecule has 0 saturated heterocycles. The summed E-state index contributed by atoms with van der Waals surface area (Å²) in [6, 6.07) is 11.4. The molecule has 0 aliphatic rings. The fourth-order valence-electron chi connectivity index (χ4n) is 1.76. The maximum atomic E-state index is 9.93. The maximum Gasteiger partial charge on any atom is 0.204 e. The number of rotatable bonds is 3. The van der Waals surface area contributed by atoms with Crippen molar-refractivity contribution in [3.8, 4) is 5.75 Å². The van der Waals surface area contributed by atoms with Crippen LogP contribution in [0.4, 0.5) is 5.13 Å². The van der Waals surface area contributed by atoms with Gasteiger partial charge in [0.05, 0.1) is 20.9 Å². The van der Waals surface area contributed by atoms with E-state index in [1.807, 2.05) is 24.3 Å². The fraction of sp³-hybridized carbons (Fsp3) is 0. The number of aromatic hydroxyl groups is 1. The SMILES string of the molecule is Oc1c(Br)cc(Br)cc1/C=N\Nc1nc2ccccc2s1. The summed E-state index contributed by atoms with van der Waals surface area (Å²) in [6.07, 6.45) is 1.55. The molecule has 0 radical (unpaired) electrons. The van der Waals surface area contributed by atoms with Crippen LogP contribution < -0.4 is 5.43 Å². The summed E-state index contributed by atoms with van der Waals surface area (Å²) in [6.45, 7) is 0. The van der Waals surface area contributed by atoms with Gasteiger partial charge in [-0.25, -0.2) is 4.98 Å². The first-order chi connectivity index (χ1) is 10.1. The number of benzene rings is 2. The monoisotopic (exact) mass is 425 g/mol. The van der Waals surface area contributed by atoms with Crippen molar-refractivity contribution in [3.05, 3.63) is 50.9 Å². The van der Waals surface area contributed by atoms with E-state index in [1.54, 1.807) is 18.3 Å². The van der Waals surface area contributed by atoms with E-state index in [-0.39, 0.29) is 5.75 Å². The Hall–Kier alpha value is -1.44. The number of hydrazone groups is 1. The quantitative estimate of drug-likeness (QED) is 0.459. The van der Waals surface area contributed by atoms with Gasteiger partial charge in [-0.2, -0.15) is 5.10 Å². The molecule has 2 aromatic carbocycles. The second-order valence-corrected chi connectivity index (χ2v) is 6.98. The zero-order valence-corrected chi connectivity index (χ0v) is 14.5. The molecule has 21 heavy (non-hydrogen) atoms. The van der Waals surface area contributed by atoms with E-state index in [9.17, 15) is 5.11 Å². The highest BCUT2D eigenvalue weighted by molar-refractivity contribution is 9.11. The molecule has 0 spiro atoms. The van der Waals surface area contributed by atoms with E-state index in [1.165, 1.54) is 11.3 Å². The molecule has 7 heteroatoms. The van der Waals surface area contributed by atoms with E-state index in [4.69, 9.17) is 0 Å². The topological polar surface area (TPSA) is 57.5 Å². The van der Waals surface area contributed by atoms with Crippen LogP contribution in [0.5, 0.6) is 5.75 Å². The van der Waals surface area contributed by atoms with Gasteiger partial charge in [-0.15, -0.1) is 0 Å². The summed E-state index contributed by atoms with van der Waals surface area (Å²) in [5.74, 6) is 0.146. The molecule has 0 aliphatic heterocycles. The summed E-state index contributed by atoms with van der Waals surface area (Å²) in [7, 11) is 0. The predicted molar refractivity (Wildman–Crippen MR) is 94.3 cm³/mol. The van der Waals surface area contributed by atoms with Crippen molar-refractivity contribution >= 4 is 64.8 Å². The molecule has 106 valence electrons. The third-order valence-corrected chi connectivity index (χ3v) is 4.72. The number of fused-ring (bicyclic) bond motifs is 1. The van der Waals surface area contributed by atoms with Gasteiger partial charge in [0.15, 0.2) is 0 Å². The van der Waals surface area contributed by atoms with Gasteiger partial charge < -0.3 is 5.11 Å². The molecule has 0 bridgehead atoms. The Morgan fingerprint density at radius 3 is 2.86 bits per heavy atom. The number of phenolic OH excluding ortho intramolecular Hbond substituents is 1. The molecule has 0 amide bonds. The lowest BCUT2D eigenvalue weighted by atomic mass is 10.2. The molecule has 1 heterocycles. The Bertz CT molecular complexity index is 799. The maximum absolute atomic E-state index is 9.93. The van der Waals surface area contributed by atoms with Gasteiger partial charge in [-0.3, -0.25) is 5.43 Å². The van der Waals surface area contributed by atoms with Gasteiger partial charge in [0.1, 0.15) is 5.75 Å². The van der Waals surface area contributed by atoms with Crippen LogP contribution in [0.25, 0.3) is 10.2 Å². The summed E-state index contributed by atoms with van der Waals surface area (Å²) in [5, 5.41) is 14.8. The van der Waals surface area contributed by atoms with Crippen molar-refractivity contribution in [2.24, 2.45) is 5.10 Å². The number of aromatic nitrogens is 1. The van der Waals surface area contributed by atoms with Crippen LogP contribution >= 0.6 is 43.2 Å². The number of hydrogen-bond donors (Lipinski definition) is 2. The van der Waals surface area contributed by atoms with Gasteiger partial charge in [0.25, 0.3) is 0 Å². The smallest absolute Gasteiger partial charge is 0.204 e. The third-order valence-electron chi connectivity index (χ3n) is 2.72. The molecule has 0 saturated carbocycles. The Kier molecular flexibility index (Phi) is 4.23. The lowest BCUT2D eigenvalue weighted by Gasteiger charge is -2.02. The number of halogens is 2. The van der Waals surface area contributed by atoms with Crippen LogP contribution in [0.2, 0.25) is 0 Å². The van der Waals surface area contributed by atoms with Crippen LogP contribution in [-0.4, -0.2) is 16.3 Å². The average Bonchev–Trinajstić information content (AvgIpc) is 2.86. The van der Waals surface area contributed by atoms with Crippen molar-refractivity contribution in [2.45, 2.75) is 0 Å². The number of hydrogen-bond acceptors (Lipinski definition) is 5. The molecule has 3 rings (SSSR count). The Balaban J connectivity index is 1.81. The minimum Gasteiger partial charge on any atom is -0.506 e. The van der Waals surface area contributed by atoms with Crippen LogP contribution in [-0.2, 0) is 0 Å². The highest BCUT2D eigenvalue weighted by Crippen LogP contribution is 2.31. The number of anilines is 1. The first kappa shape index (κ1) is 14.5. The van der Waals surface area contributed by atoms with E-state index in [0.29, 0.717) is 15.2 Å². The lowest BCUT2D eigenvalue weighted by molar-refractivity contribution is 0.471. The van der Waals surface area contributed by atoms with Crippen molar-refractivity contribution < 1.29 is 5.11 Å². The number of nitrogens with one attached hydrogen (secondary N) is 1. The molecule has 0 unspecified atom stereocenters. The Morgan fingerprint density at radius 1 is 1.24 bits per heavy atom. The van der Waals surface area contributed by atoms with Gasteiger partial charge in [-0.1, -0.05) is 39.4 Å². The van der Waals surface area contributed by atoms with Gasteiger partial charge >= 0.3 is 0 Å². The van der Waals surface area contributed by atoms with Crippen molar-refractivity contribution in [2.75, 3.05) is 5.43 Å². The normalized spacial score (nSPS) is 11.3. The molecule has 2 N–H and O–H groups in total. The minimum absolute atomic E-state index is 0.146. The van der Waals surface area contributed by atoms with E-state index in [0.717, 1.165) is 14.7 Å². The molecule has 0 aliphatic carbocycles. The van der Waals surface area contributed by atoms with Gasteiger partial charge in [0.2, 0.25) is 5.13 Å². The van der Waals surface area contributed by atoms with Crippen molar-refractivity contribution in [1.82, 2.24) is 4.98 Å². The molecule has 4 nitrogen and oxygen atoms in total. The van der Waals surface area contributed by atoms with Crippen molar-refractivity contribution in [1.29, 1.82) is 0 Å². The number of phenols is 1. The summed E-state index contributed by atoms with van der Waals surface area (Å²) in [5.41, 5.74) is 4.42. The largest absolute Gasteiger partial charge is 0.506 e. The lowest BCUT2D eigenvalue weighted by Crippen LogP contribution is -1.91. The second-order valence-electron chi connectivity index (χ2n) is 4.18. The molecular weight excluding hydrogens is 418 g/mol. The van der Waals surface area contributed by atoms with Gasteiger partial charge in [0, 0.05) is 10.0 Å². The van der Waals surface area contributed by atoms with E-state index < -0.39 is 0 Å². The number of para-hydroxylation sites is 1. The Labute approximate surface area is 141 Å². The summed E-state index contributed by atoms with van der Waals surface area (Å²) < 4.78 is 2.56. The second kappa shape index (κ2) is 6.13. The zero-order chi connectivity index (χ0) is 14.8. The first-order valence-corrected chi connectivity index (χ1v) is 8.36. The van der Waals surface area contributed by atoms with E-state index in [2.05, 4.69) is 47.4 Å². The summed E-state index contributed by atoms with van der Waals surface area (Å²) in [4.78, 5) is 4.41. The van der Waals surface area contributed by atoms with Crippen molar-refractivity contribution in [3.63, 3.8) is 0 Å². The van der Waals surface area contributed by atoms with Crippen LogP contribution in [0.1, 0.15) is 5.56 Å². The van der Waals surface area contributed by atoms with Crippen LogP contribution in [0.15, 0.2) is 50.4 Å². The third kappa shape index (κ3) is 3.25. The molecule has 1 aromatic heterocycles. The zero-order valence-electron chi connectivity index (χ0n) is 10.5. The molecular formula is C14H9Br2N3OS. The molecule has 0 fully saturated rings. The molecule has 0 atom stereocenters. The highest BCUT2D eigenvalue weighted by atomic mass is 79.9. The minimum atomic E-state index is 0.146. The average molecular weight is 427 g/mol. The van der Waals surface area contributed by atoms with E-state index >= 15 is 0 Å². The predicted octanol–water partition coefficient (Wildman–Crippen LogP) is 4.97. The Morgan fingerprint density at radius 2 is 2.05 bits per heavy atom. The fourth-order valence-corrected chi connectivity index (χ4v) is 3.84. The molecule has 3 aromatic rings. The first-order valence-electron chi connectivity index (χ1n) is 5.96. The van der Waals surface area contributed by atoms with Crippen LogP contribution in [0, 0.1) is 0 Å². The summed E-state index contributed by atoms with van der Waals surface area (Å²) >= 11 is 8.18.